The molecule has 0 spiro atoms. The maximum atomic E-state index is 12.3. The fourth-order valence-electron chi connectivity index (χ4n) is 1.75. The second kappa shape index (κ2) is 6.96. The lowest BCUT2D eigenvalue weighted by molar-refractivity contribution is -0.132. The van der Waals surface area contributed by atoms with Crippen molar-refractivity contribution in [2.24, 2.45) is 5.73 Å². The van der Waals surface area contributed by atoms with Crippen LogP contribution in [0, 0.1) is 0 Å². The zero-order valence-electron chi connectivity index (χ0n) is 11.1. The van der Waals surface area contributed by atoms with Gasteiger partial charge in [-0.25, -0.2) is 4.68 Å². The summed E-state index contributed by atoms with van der Waals surface area (Å²) in [5, 5.41) is 7.76. The van der Waals surface area contributed by atoms with Gasteiger partial charge >= 0.3 is 0 Å². The van der Waals surface area contributed by atoms with Crippen LogP contribution in [0.25, 0.3) is 0 Å². The molecule has 0 bridgehead atoms. The second-order valence-corrected chi connectivity index (χ2v) is 6.77. The third-order valence-electron chi connectivity index (χ3n) is 2.80. The molecule has 0 aliphatic heterocycles. The van der Waals surface area contributed by atoms with Gasteiger partial charge in [0, 0.05) is 18.0 Å². The summed E-state index contributed by atoms with van der Waals surface area (Å²) in [7, 11) is 0. The van der Waals surface area contributed by atoms with Crippen LogP contribution in [0.2, 0.25) is 0 Å². The molecule has 0 radical (unpaired) electrons. The van der Waals surface area contributed by atoms with Crippen LogP contribution in [0.15, 0.2) is 22.1 Å². The topological polar surface area (TPSA) is 77.0 Å². The largest absolute Gasteiger partial charge is 0.336 e. The number of thiophene rings is 1. The van der Waals surface area contributed by atoms with E-state index in [1.807, 2.05) is 19.1 Å². The molecule has 2 N–H and O–H groups in total. The van der Waals surface area contributed by atoms with Crippen molar-refractivity contribution in [3.8, 4) is 0 Å². The molecule has 1 amide bonds. The molecule has 0 saturated carbocycles. The second-order valence-electron chi connectivity index (χ2n) is 4.23. The highest BCUT2D eigenvalue weighted by atomic mass is 79.9. The van der Waals surface area contributed by atoms with Gasteiger partial charge in [0.1, 0.15) is 6.54 Å². The van der Waals surface area contributed by atoms with Gasteiger partial charge in [-0.05, 0) is 35.0 Å². The molecule has 2 aromatic rings. The van der Waals surface area contributed by atoms with Gasteiger partial charge in [0.15, 0.2) is 0 Å². The number of carbonyl (C=O) groups is 1. The van der Waals surface area contributed by atoms with Crippen molar-refractivity contribution in [1.29, 1.82) is 0 Å². The number of halogens is 1. The van der Waals surface area contributed by atoms with Crippen LogP contribution in [0.3, 0.4) is 0 Å². The Labute approximate surface area is 129 Å². The molecular formula is C12H16BrN5OS. The smallest absolute Gasteiger partial charge is 0.244 e. The van der Waals surface area contributed by atoms with Gasteiger partial charge in [-0.15, -0.1) is 16.4 Å². The Morgan fingerprint density at radius 3 is 2.90 bits per heavy atom. The number of hydrogen-bond donors (Lipinski definition) is 1. The Hall–Kier alpha value is -1.25. The molecule has 2 aromatic heterocycles. The monoisotopic (exact) mass is 357 g/mol. The molecule has 0 aromatic carbocycles. The van der Waals surface area contributed by atoms with Crippen LogP contribution in [0.4, 0.5) is 0 Å². The zero-order valence-corrected chi connectivity index (χ0v) is 13.5. The Morgan fingerprint density at radius 1 is 1.55 bits per heavy atom. The third kappa shape index (κ3) is 3.87. The summed E-state index contributed by atoms with van der Waals surface area (Å²) in [6.07, 6.45) is 1.70. The fourth-order valence-corrected chi connectivity index (χ4v) is 3.25. The molecule has 6 nitrogen and oxygen atoms in total. The Morgan fingerprint density at radius 2 is 2.35 bits per heavy atom. The minimum absolute atomic E-state index is 0.0190. The first-order valence-electron chi connectivity index (χ1n) is 6.23. The summed E-state index contributed by atoms with van der Waals surface area (Å²) >= 11 is 5.06. The maximum Gasteiger partial charge on any atom is 0.244 e. The molecule has 0 aliphatic carbocycles. The molecule has 0 saturated heterocycles. The predicted octanol–water partition coefficient (Wildman–Crippen LogP) is 1.61. The van der Waals surface area contributed by atoms with E-state index in [0.717, 1.165) is 8.66 Å². The molecule has 20 heavy (non-hydrogen) atoms. The molecule has 0 atom stereocenters. The first-order valence-corrected chi connectivity index (χ1v) is 7.84. The lowest BCUT2D eigenvalue weighted by Gasteiger charge is -2.19. The maximum absolute atomic E-state index is 12.3. The molecule has 0 aliphatic rings. The van der Waals surface area contributed by atoms with E-state index in [1.54, 1.807) is 22.4 Å². The average Bonchev–Trinajstić information content (AvgIpc) is 3.04. The first-order chi connectivity index (χ1) is 9.62. The van der Waals surface area contributed by atoms with Gasteiger partial charge in [-0.1, -0.05) is 5.21 Å². The quantitative estimate of drug-likeness (QED) is 0.851. The summed E-state index contributed by atoms with van der Waals surface area (Å²) in [4.78, 5) is 15.2. The van der Waals surface area contributed by atoms with Crippen LogP contribution >= 0.6 is 27.3 Å². The predicted molar refractivity (Wildman–Crippen MR) is 81.0 cm³/mol. The van der Waals surface area contributed by atoms with Crippen molar-refractivity contribution in [1.82, 2.24) is 19.9 Å². The van der Waals surface area contributed by atoms with Crippen molar-refractivity contribution in [2.45, 2.75) is 26.6 Å². The molecule has 2 heterocycles. The summed E-state index contributed by atoms with van der Waals surface area (Å²) in [6, 6.07) is 4.01. The minimum Gasteiger partial charge on any atom is -0.336 e. The average molecular weight is 358 g/mol. The van der Waals surface area contributed by atoms with Gasteiger partial charge < -0.3 is 10.6 Å². The SMILES string of the molecule is CCN(Cc1ccc(Br)s1)C(=O)Cn1cc(CN)nn1. The highest BCUT2D eigenvalue weighted by Gasteiger charge is 2.14. The van der Waals surface area contributed by atoms with Gasteiger partial charge in [0.2, 0.25) is 5.91 Å². The van der Waals surface area contributed by atoms with E-state index in [9.17, 15) is 4.79 Å². The lowest BCUT2D eigenvalue weighted by Crippen LogP contribution is -2.33. The van der Waals surface area contributed by atoms with E-state index in [-0.39, 0.29) is 12.5 Å². The highest BCUT2D eigenvalue weighted by molar-refractivity contribution is 9.11. The van der Waals surface area contributed by atoms with Crippen LogP contribution in [0.1, 0.15) is 17.5 Å². The zero-order chi connectivity index (χ0) is 14.5. The fraction of sp³-hybridized carbons (Fsp3) is 0.417. The van der Waals surface area contributed by atoms with E-state index in [4.69, 9.17) is 5.73 Å². The van der Waals surface area contributed by atoms with E-state index < -0.39 is 0 Å². The van der Waals surface area contributed by atoms with Gasteiger partial charge in [0.05, 0.1) is 22.2 Å². The summed E-state index contributed by atoms with van der Waals surface area (Å²) in [5.74, 6) is 0.0190. The molecule has 8 heteroatoms. The Kier molecular flexibility index (Phi) is 5.27. The number of aromatic nitrogens is 3. The van der Waals surface area contributed by atoms with E-state index >= 15 is 0 Å². The van der Waals surface area contributed by atoms with Crippen LogP contribution in [-0.4, -0.2) is 32.3 Å². The molecule has 0 unspecified atom stereocenters. The standard InChI is InChI=1S/C12H16BrN5OS/c1-2-17(7-10-3-4-11(13)20-10)12(19)8-18-6-9(5-14)15-16-18/h3-4,6H,2,5,7-8,14H2,1H3. The Balaban J connectivity index is 1.98. The normalized spacial score (nSPS) is 10.8. The number of nitrogens with zero attached hydrogens (tertiary/aromatic N) is 4. The number of rotatable bonds is 6. The molecule has 0 fully saturated rings. The van der Waals surface area contributed by atoms with Crippen LogP contribution in [-0.2, 0) is 24.4 Å². The van der Waals surface area contributed by atoms with Crippen molar-refractivity contribution < 1.29 is 4.79 Å². The molecular weight excluding hydrogens is 342 g/mol. The highest BCUT2D eigenvalue weighted by Crippen LogP contribution is 2.23. The number of hydrogen-bond acceptors (Lipinski definition) is 5. The number of nitrogens with two attached hydrogens (primary N) is 1. The minimum atomic E-state index is 0.0190. The van der Waals surface area contributed by atoms with Crippen molar-refractivity contribution in [3.63, 3.8) is 0 Å². The van der Waals surface area contributed by atoms with E-state index in [1.165, 1.54) is 4.68 Å². The van der Waals surface area contributed by atoms with Gasteiger partial charge in [-0.2, -0.15) is 0 Å². The van der Waals surface area contributed by atoms with E-state index in [2.05, 4.69) is 26.2 Å². The summed E-state index contributed by atoms with van der Waals surface area (Å²) < 4.78 is 2.59. The Bertz CT molecular complexity index is 582. The number of carbonyl (C=O) groups excluding carboxylic acids is 1. The van der Waals surface area contributed by atoms with Crippen molar-refractivity contribution in [3.05, 3.63) is 32.7 Å². The van der Waals surface area contributed by atoms with Gasteiger partial charge in [-0.3, -0.25) is 4.79 Å². The van der Waals surface area contributed by atoms with Crippen molar-refractivity contribution >= 4 is 33.2 Å². The van der Waals surface area contributed by atoms with Crippen LogP contribution in [0.5, 0.6) is 0 Å². The lowest BCUT2D eigenvalue weighted by atomic mass is 10.4. The van der Waals surface area contributed by atoms with Gasteiger partial charge in [0.25, 0.3) is 0 Å². The number of likely N-dealkylation sites (N-methyl/N-ethyl adjacent to an activating group) is 1. The molecule has 2 rings (SSSR count). The van der Waals surface area contributed by atoms with Crippen LogP contribution < -0.4 is 5.73 Å². The summed E-state index contributed by atoms with van der Waals surface area (Å²) in [5.41, 5.74) is 6.15. The molecule has 108 valence electrons. The van der Waals surface area contributed by atoms with Crippen molar-refractivity contribution in [2.75, 3.05) is 6.54 Å². The number of amides is 1. The third-order valence-corrected chi connectivity index (χ3v) is 4.41. The van der Waals surface area contributed by atoms with E-state index in [0.29, 0.717) is 25.3 Å². The summed E-state index contributed by atoms with van der Waals surface area (Å²) in [6.45, 7) is 3.76. The first kappa shape index (κ1) is 15.1.